The highest BCUT2D eigenvalue weighted by atomic mass is 16.1. The van der Waals surface area contributed by atoms with Crippen molar-refractivity contribution in [3.8, 4) is 0 Å². The van der Waals surface area contributed by atoms with Gasteiger partial charge in [0.2, 0.25) is 0 Å². The summed E-state index contributed by atoms with van der Waals surface area (Å²) in [7, 11) is 1.65. The van der Waals surface area contributed by atoms with Crippen molar-refractivity contribution in [1.82, 2.24) is 5.32 Å². The van der Waals surface area contributed by atoms with Crippen LogP contribution in [0.25, 0.3) is 0 Å². The van der Waals surface area contributed by atoms with Gasteiger partial charge in [-0.3, -0.25) is 9.79 Å². The molecule has 1 atom stereocenters. The Hall–Kier alpha value is -2.68. The third-order valence-corrected chi connectivity index (χ3v) is 4.84. The minimum atomic E-state index is -0.0626. The van der Waals surface area contributed by atoms with Gasteiger partial charge in [0.15, 0.2) is 0 Å². The van der Waals surface area contributed by atoms with Gasteiger partial charge in [0, 0.05) is 30.4 Å². The second kappa shape index (κ2) is 9.14. The van der Waals surface area contributed by atoms with Gasteiger partial charge in [-0.15, -0.1) is 0 Å². The van der Waals surface area contributed by atoms with Crippen LogP contribution in [-0.4, -0.2) is 19.2 Å². The van der Waals surface area contributed by atoms with Gasteiger partial charge in [0.05, 0.1) is 0 Å². The Morgan fingerprint density at radius 1 is 1.12 bits per heavy atom. The average Bonchev–Trinajstić information content (AvgIpc) is 2.67. The largest absolute Gasteiger partial charge is 0.355 e. The first-order valence-corrected chi connectivity index (χ1v) is 9.03. The molecule has 2 aromatic carbocycles. The summed E-state index contributed by atoms with van der Waals surface area (Å²) in [5.41, 5.74) is 6.84. The molecule has 0 aliphatic carbocycles. The number of carbonyl (C=O) groups excluding carboxylic acids is 1. The molecule has 2 rings (SSSR count). The van der Waals surface area contributed by atoms with Crippen LogP contribution in [0.2, 0.25) is 0 Å². The summed E-state index contributed by atoms with van der Waals surface area (Å²) in [6.45, 7) is 8.30. The van der Waals surface area contributed by atoms with Crippen LogP contribution in [0.1, 0.15) is 52.4 Å². The zero-order valence-electron chi connectivity index (χ0n) is 16.3. The van der Waals surface area contributed by atoms with E-state index in [0.29, 0.717) is 5.56 Å². The number of allylic oxidation sites excluding steroid dienone is 2. The molecule has 1 N–H and O–H groups in total. The predicted octanol–water partition coefficient (Wildman–Crippen LogP) is 4.98. The lowest BCUT2D eigenvalue weighted by Crippen LogP contribution is -2.17. The minimum absolute atomic E-state index is 0.0626. The van der Waals surface area contributed by atoms with Crippen LogP contribution in [0.15, 0.2) is 59.2 Å². The molecular formula is C23H28N2O. The molecule has 136 valence electrons. The molecule has 26 heavy (non-hydrogen) atoms. The molecule has 0 radical (unpaired) electrons. The molecule has 1 amide bonds. The summed E-state index contributed by atoms with van der Waals surface area (Å²) in [4.78, 5) is 16.4. The van der Waals surface area contributed by atoms with Crippen molar-refractivity contribution in [2.75, 3.05) is 7.05 Å². The maximum atomic E-state index is 11.8. The first-order chi connectivity index (χ1) is 12.5. The molecule has 1 unspecified atom stereocenters. The normalized spacial score (nSPS) is 13.0. The van der Waals surface area contributed by atoms with Crippen molar-refractivity contribution in [3.05, 3.63) is 82.1 Å². The summed E-state index contributed by atoms with van der Waals surface area (Å²) in [6, 6.07) is 14.3. The molecule has 3 nitrogen and oxygen atoms in total. The molecule has 2 aromatic rings. The maximum Gasteiger partial charge on any atom is 0.251 e. The molecular weight excluding hydrogens is 320 g/mol. The average molecular weight is 348 g/mol. The van der Waals surface area contributed by atoms with Crippen molar-refractivity contribution in [2.24, 2.45) is 4.99 Å². The SMILES string of the molecule is CC=N/C(=C\C)C(Cc1ccc(C(=O)NC)cc1)c1cccc(C)c1C. The van der Waals surface area contributed by atoms with E-state index in [4.69, 9.17) is 0 Å². The topological polar surface area (TPSA) is 41.5 Å². The summed E-state index contributed by atoms with van der Waals surface area (Å²) in [5.74, 6) is 0.120. The number of nitrogens with zero attached hydrogens (tertiary/aromatic N) is 1. The number of aliphatic imine (C=N–C) groups is 1. The number of nitrogens with one attached hydrogen (secondary N) is 1. The van der Waals surface area contributed by atoms with Crippen LogP contribution in [0.4, 0.5) is 0 Å². The molecule has 0 saturated carbocycles. The van der Waals surface area contributed by atoms with Crippen molar-refractivity contribution in [1.29, 1.82) is 0 Å². The Labute approximate surface area is 156 Å². The van der Waals surface area contributed by atoms with E-state index in [-0.39, 0.29) is 11.8 Å². The van der Waals surface area contributed by atoms with E-state index in [1.54, 1.807) is 7.05 Å². The summed E-state index contributed by atoms with van der Waals surface area (Å²) >= 11 is 0. The lowest BCUT2D eigenvalue weighted by Gasteiger charge is -2.21. The van der Waals surface area contributed by atoms with E-state index in [9.17, 15) is 4.79 Å². The fourth-order valence-electron chi connectivity index (χ4n) is 3.21. The van der Waals surface area contributed by atoms with E-state index in [2.05, 4.69) is 48.4 Å². The first-order valence-electron chi connectivity index (χ1n) is 9.03. The van der Waals surface area contributed by atoms with Gasteiger partial charge in [-0.05, 0) is 68.5 Å². The van der Waals surface area contributed by atoms with Gasteiger partial charge in [-0.2, -0.15) is 0 Å². The van der Waals surface area contributed by atoms with Crippen molar-refractivity contribution in [2.45, 2.75) is 40.0 Å². The van der Waals surface area contributed by atoms with E-state index in [1.807, 2.05) is 44.3 Å². The molecule has 0 fully saturated rings. The Balaban J connectivity index is 2.42. The van der Waals surface area contributed by atoms with Crippen molar-refractivity contribution < 1.29 is 4.79 Å². The minimum Gasteiger partial charge on any atom is -0.355 e. The maximum absolute atomic E-state index is 11.8. The van der Waals surface area contributed by atoms with Gasteiger partial charge in [-0.1, -0.05) is 36.4 Å². The van der Waals surface area contributed by atoms with Gasteiger partial charge in [0.25, 0.3) is 5.91 Å². The number of amides is 1. The summed E-state index contributed by atoms with van der Waals surface area (Å²) in [5, 5.41) is 2.66. The molecule has 0 aliphatic rings. The summed E-state index contributed by atoms with van der Waals surface area (Å²) in [6.07, 6.45) is 4.78. The Morgan fingerprint density at radius 2 is 1.81 bits per heavy atom. The van der Waals surface area contributed by atoms with Gasteiger partial charge < -0.3 is 5.32 Å². The van der Waals surface area contributed by atoms with E-state index < -0.39 is 0 Å². The number of aryl methyl sites for hydroxylation is 1. The van der Waals surface area contributed by atoms with Gasteiger partial charge in [0.1, 0.15) is 0 Å². The van der Waals surface area contributed by atoms with Crippen molar-refractivity contribution >= 4 is 12.1 Å². The second-order valence-corrected chi connectivity index (χ2v) is 6.42. The molecule has 0 heterocycles. The standard InChI is InChI=1S/C23H28N2O/c1-6-22(25-7-2)21(20-10-8-9-16(3)17(20)4)15-18-11-13-19(14-12-18)23(26)24-5/h6-14,21H,15H2,1-5H3,(H,24,26)/b22-6-,25-7?. The van der Waals surface area contributed by atoms with Crippen LogP contribution in [0, 0.1) is 13.8 Å². The molecule has 0 bridgehead atoms. The van der Waals surface area contributed by atoms with E-state index in [1.165, 1.54) is 22.3 Å². The number of benzene rings is 2. The Bertz CT molecular complexity index is 817. The lowest BCUT2D eigenvalue weighted by atomic mass is 9.85. The molecule has 0 saturated heterocycles. The number of carbonyl (C=O) groups is 1. The van der Waals surface area contributed by atoms with Crippen LogP contribution in [0.3, 0.4) is 0 Å². The fraction of sp³-hybridized carbons (Fsp3) is 0.304. The Kier molecular flexibility index (Phi) is 6.90. The number of hydrogen-bond donors (Lipinski definition) is 1. The quantitative estimate of drug-likeness (QED) is 0.735. The molecule has 0 aliphatic heterocycles. The highest BCUT2D eigenvalue weighted by molar-refractivity contribution is 5.93. The Morgan fingerprint density at radius 3 is 2.38 bits per heavy atom. The van der Waals surface area contributed by atoms with Gasteiger partial charge >= 0.3 is 0 Å². The predicted molar refractivity (Wildman–Crippen MR) is 110 cm³/mol. The molecule has 3 heteroatoms. The fourth-order valence-corrected chi connectivity index (χ4v) is 3.21. The molecule has 0 spiro atoms. The van der Waals surface area contributed by atoms with E-state index >= 15 is 0 Å². The van der Waals surface area contributed by atoms with E-state index in [0.717, 1.165) is 12.1 Å². The molecule has 0 aromatic heterocycles. The first kappa shape index (κ1) is 19.6. The monoisotopic (exact) mass is 348 g/mol. The number of hydrogen-bond acceptors (Lipinski definition) is 2. The second-order valence-electron chi connectivity index (χ2n) is 6.42. The van der Waals surface area contributed by atoms with Crippen LogP contribution in [-0.2, 0) is 6.42 Å². The summed E-state index contributed by atoms with van der Waals surface area (Å²) < 4.78 is 0. The zero-order chi connectivity index (χ0) is 19.1. The highest BCUT2D eigenvalue weighted by Gasteiger charge is 2.19. The van der Waals surface area contributed by atoms with Gasteiger partial charge in [-0.25, -0.2) is 0 Å². The van der Waals surface area contributed by atoms with Crippen LogP contribution >= 0.6 is 0 Å². The van der Waals surface area contributed by atoms with Crippen molar-refractivity contribution in [3.63, 3.8) is 0 Å². The highest BCUT2D eigenvalue weighted by Crippen LogP contribution is 2.32. The third-order valence-electron chi connectivity index (χ3n) is 4.84. The zero-order valence-corrected chi connectivity index (χ0v) is 16.3. The van der Waals surface area contributed by atoms with Crippen LogP contribution in [0.5, 0.6) is 0 Å². The smallest absolute Gasteiger partial charge is 0.251 e. The van der Waals surface area contributed by atoms with Crippen LogP contribution < -0.4 is 5.32 Å². The third kappa shape index (κ3) is 4.48. The number of rotatable bonds is 6. The lowest BCUT2D eigenvalue weighted by molar-refractivity contribution is 0.0963.